The number of thiophene rings is 1. The van der Waals surface area contributed by atoms with Crippen LogP contribution in [-0.2, 0) is 10.0 Å². The average molecular weight is 365 g/mol. The van der Waals surface area contributed by atoms with Crippen molar-refractivity contribution >= 4 is 27.1 Å². The maximum Gasteiger partial charge on any atom is 0.253 e. The fourth-order valence-corrected chi connectivity index (χ4v) is 5.97. The summed E-state index contributed by atoms with van der Waals surface area (Å²) in [5.74, 6) is 0.503. The first kappa shape index (κ1) is 17.1. The van der Waals surface area contributed by atoms with Crippen LogP contribution in [0.4, 0.5) is 0 Å². The number of rotatable bonds is 5. The molecule has 0 aliphatic carbocycles. The van der Waals surface area contributed by atoms with Crippen LogP contribution in [0.25, 0.3) is 0 Å². The molecule has 3 rings (SSSR count). The Labute approximate surface area is 145 Å². The Morgan fingerprint density at radius 1 is 1.21 bits per heavy atom. The van der Waals surface area contributed by atoms with Crippen molar-refractivity contribution in [1.82, 2.24) is 4.31 Å². The van der Waals surface area contributed by atoms with E-state index in [1.165, 1.54) is 15.6 Å². The van der Waals surface area contributed by atoms with E-state index in [-0.39, 0.29) is 5.78 Å². The largest absolute Gasteiger partial charge is 0.497 e. The summed E-state index contributed by atoms with van der Waals surface area (Å²) in [6.07, 6.45) is 1.24. The smallest absolute Gasteiger partial charge is 0.253 e. The molecule has 128 valence electrons. The number of aryl methyl sites for hydroxylation is 1. The normalized spacial score (nSPS) is 18.7. The molecule has 7 heteroatoms. The van der Waals surface area contributed by atoms with Crippen LogP contribution in [0.15, 0.2) is 40.6 Å². The zero-order valence-electron chi connectivity index (χ0n) is 13.6. The molecule has 1 aliphatic heterocycles. The first-order valence-corrected chi connectivity index (χ1v) is 9.95. The molecular formula is C17H19NO4S2. The van der Waals surface area contributed by atoms with Gasteiger partial charge < -0.3 is 4.74 Å². The zero-order valence-corrected chi connectivity index (χ0v) is 15.2. The Hall–Kier alpha value is -1.70. The molecule has 2 heterocycles. The fourth-order valence-electron chi connectivity index (χ4n) is 2.90. The molecule has 1 unspecified atom stereocenters. The van der Waals surface area contributed by atoms with Crippen LogP contribution in [0.3, 0.4) is 0 Å². The monoisotopic (exact) mass is 365 g/mol. The highest BCUT2D eigenvalue weighted by molar-refractivity contribution is 7.91. The maximum atomic E-state index is 12.9. The zero-order chi connectivity index (χ0) is 17.3. The van der Waals surface area contributed by atoms with Crippen molar-refractivity contribution in [2.75, 3.05) is 13.7 Å². The van der Waals surface area contributed by atoms with Crippen molar-refractivity contribution in [3.05, 3.63) is 46.8 Å². The second-order valence-corrected chi connectivity index (χ2v) is 9.14. The molecule has 24 heavy (non-hydrogen) atoms. The minimum atomic E-state index is -3.63. The van der Waals surface area contributed by atoms with Crippen molar-refractivity contribution in [1.29, 1.82) is 0 Å². The fraction of sp³-hybridized carbons (Fsp3) is 0.353. The van der Waals surface area contributed by atoms with E-state index in [4.69, 9.17) is 4.74 Å². The highest BCUT2D eigenvalue weighted by Gasteiger charge is 2.40. The number of ether oxygens (including phenoxy) is 1. The van der Waals surface area contributed by atoms with E-state index in [2.05, 4.69) is 0 Å². The highest BCUT2D eigenvalue weighted by atomic mass is 32.2. The van der Waals surface area contributed by atoms with Gasteiger partial charge in [0.15, 0.2) is 5.78 Å². The second kappa shape index (κ2) is 6.66. The number of methoxy groups -OCH3 is 1. The van der Waals surface area contributed by atoms with E-state index in [0.29, 0.717) is 34.9 Å². The topological polar surface area (TPSA) is 63.7 Å². The summed E-state index contributed by atoms with van der Waals surface area (Å²) in [5.41, 5.74) is 0.505. The number of hydrogen-bond donors (Lipinski definition) is 0. The lowest BCUT2D eigenvalue weighted by Crippen LogP contribution is -2.40. The number of benzene rings is 1. The van der Waals surface area contributed by atoms with Crippen molar-refractivity contribution in [2.45, 2.75) is 30.0 Å². The molecule has 0 spiro atoms. The number of Topliss-reactive ketones (excluding diaryl/α,β-unsaturated/α-hetero) is 1. The number of carbonyl (C=O) groups is 1. The van der Waals surface area contributed by atoms with Gasteiger partial charge in [0, 0.05) is 17.0 Å². The third-order valence-corrected chi connectivity index (χ3v) is 7.54. The Balaban J connectivity index is 1.88. The van der Waals surface area contributed by atoms with Crippen molar-refractivity contribution < 1.29 is 17.9 Å². The molecular weight excluding hydrogens is 346 g/mol. The maximum absolute atomic E-state index is 12.9. The minimum Gasteiger partial charge on any atom is -0.497 e. The molecule has 1 aromatic heterocycles. The van der Waals surface area contributed by atoms with Crippen molar-refractivity contribution in [3.8, 4) is 5.75 Å². The third-order valence-electron chi connectivity index (χ3n) is 4.16. The third kappa shape index (κ3) is 3.11. The predicted octanol–water partition coefficient (Wildman–Crippen LogP) is 3.10. The summed E-state index contributed by atoms with van der Waals surface area (Å²) in [6.45, 7) is 2.25. The number of carbonyl (C=O) groups excluding carboxylic acids is 1. The minimum absolute atomic E-state index is 0.160. The van der Waals surface area contributed by atoms with E-state index in [1.54, 1.807) is 43.5 Å². The van der Waals surface area contributed by atoms with Crippen LogP contribution >= 0.6 is 11.3 Å². The molecule has 0 radical (unpaired) electrons. The van der Waals surface area contributed by atoms with E-state index in [1.807, 2.05) is 6.92 Å². The van der Waals surface area contributed by atoms with Gasteiger partial charge in [0.25, 0.3) is 10.0 Å². The van der Waals surface area contributed by atoms with Gasteiger partial charge in [0.1, 0.15) is 9.96 Å². The van der Waals surface area contributed by atoms with Crippen LogP contribution in [0.5, 0.6) is 5.75 Å². The van der Waals surface area contributed by atoms with Gasteiger partial charge >= 0.3 is 0 Å². The first-order chi connectivity index (χ1) is 11.4. The lowest BCUT2D eigenvalue weighted by molar-refractivity contribution is 0.0918. The van der Waals surface area contributed by atoms with Gasteiger partial charge in [-0.2, -0.15) is 4.31 Å². The van der Waals surface area contributed by atoms with Gasteiger partial charge in [0.2, 0.25) is 0 Å². The lowest BCUT2D eigenvalue weighted by Gasteiger charge is -2.22. The molecule has 1 atom stereocenters. The van der Waals surface area contributed by atoms with Gasteiger partial charge in [-0.3, -0.25) is 4.79 Å². The molecule has 1 saturated heterocycles. The molecule has 1 fully saturated rings. The average Bonchev–Trinajstić information content (AvgIpc) is 3.23. The molecule has 1 aliphatic rings. The highest BCUT2D eigenvalue weighted by Crippen LogP contribution is 2.31. The van der Waals surface area contributed by atoms with Crippen LogP contribution < -0.4 is 4.74 Å². The van der Waals surface area contributed by atoms with Crippen LogP contribution in [0, 0.1) is 6.92 Å². The van der Waals surface area contributed by atoms with E-state index < -0.39 is 16.1 Å². The Morgan fingerprint density at radius 3 is 2.50 bits per heavy atom. The van der Waals surface area contributed by atoms with Crippen LogP contribution in [0.2, 0.25) is 0 Å². The molecule has 0 bridgehead atoms. The van der Waals surface area contributed by atoms with Crippen LogP contribution in [-0.4, -0.2) is 38.2 Å². The van der Waals surface area contributed by atoms with Gasteiger partial charge in [-0.1, -0.05) is 0 Å². The number of nitrogens with zero attached hydrogens (tertiary/aromatic N) is 1. The summed E-state index contributed by atoms with van der Waals surface area (Å²) >= 11 is 1.24. The quantitative estimate of drug-likeness (QED) is 0.764. The van der Waals surface area contributed by atoms with Gasteiger partial charge in [0.05, 0.1) is 13.2 Å². The van der Waals surface area contributed by atoms with Crippen LogP contribution in [0.1, 0.15) is 28.1 Å². The predicted molar refractivity (Wildman–Crippen MR) is 93.3 cm³/mol. The summed E-state index contributed by atoms with van der Waals surface area (Å²) < 4.78 is 32.5. The summed E-state index contributed by atoms with van der Waals surface area (Å²) in [7, 11) is -2.07. The Kier molecular flexibility index (Phi) is 4.76. The molecule has 0 N–H and O–H groups in total. The molecule has 5 nitrogen and oxygen atoms in total. The Bertz CT molecular complexity index is 840. The molecule has 2 aromatic rings. The Morgan fingerprint density at radius 2 is 1.92 bits per heavy atom. The number of ketones is 1. The summed E-state index contributed by atoms with van der Waals surface area (Å²) in [5, 5.41) is 0. The molecule has 1 aromatic carbocycles. The molecule has 0 saturated carbocycles. The standard InChI is InChI=1S/C17H19NO4S2/c1-12-5-10-16(23-12)24(20,21)18-11-3-4-15(18)17(19)13-6-8-14(22-2)9-7-13/h5-10,15H,3-4,11H2,1-2H3. The number of hydrogen-bond acceptors (Lipinski definition) is 5. The van der Waals surface area contributed by atoms with Crippen molar-refractivity contribution in [2.24, 2.45) is 0 Å². The van der Waals surface area contributed by atoms with E-state index in [9.17, 15) is 13.2 Å². The first-order valence-electron chi connectivity index (χ1n) is 7.70. The van der Waals surface area contributed by atoms with E-state index in [0.717, 1.165) is 4.88 Å². The van der Waals surface area contributed by atoms with Gasteiger partial charge in [-0.15, -0.1) is 11.3 Å². The van der Waals surface area contributed by atoms with Crippen molar-refractivity contribution in [3.63, 3.8) is 0 Å². The lowest BCUT2D eigenvalue weighted by atomic mass is 10.0. The van der Waals surface area contributed by atoms with Gasteiger partial charge in [-0.05, 0) is 56.2 Å². The summed E-state index contributed by atoms with van der Waals surface area (Å²) in [4.78, 5) is 13.7. The molecule has 0 amide bonds. The number of sulfonamides is 1. The van der Waals surface area contributed by atoms with Gasteiger partial charge in [-0.25, -0.2) is 8.42 Å². The van der Waals surface area contributed by atoms with E-state index >= 15 is 0 Å². The SMILES string of the molecule is COc1ccc(C(=O)C2CCCN2S(=O)(=O)c2ccc(C)s2)cc1. The second-order valence-electron chi connectivity index (χ2n) is 5.73. The summed E-state index contributed by atoms with van der Waals surface area (Å²) in [6, 6.07) is 9.55.